The molecule has 0 saturated heterocycles. The SMILES string of the molecule is C=CCN(c1cc(C)ccc1OC)S(=O)(=O)c1ccccc1. The lowest BCUT2D eigenvalue weighted by Gasteiger charge is -2.25. The standard InChI is InChI=1S/C17H19NO3S/c1-4-12-18(16-13-14(2)10-11-17(16)21-3)22(19,20)15-8-6-5-7-9-15/h4-11,13H,1,12H2,2-3H3. The minimum Gasteiger partial charge on any atom is -0.495 e. The van der Waals surface area contributed by atoms with Crippen LogP contribution >= 0.6 is 0 Å². The quantitative estimate of drug-likeness (QED) is 0.767. The molecular formula is C17H19NO3S. The zero-order valence-corrected chi connectivity index (χ0v) is 13.5. The molecule has 4 nitrogen and oxygen atoms in total. The van der Waals surface area contributed by atoms with Gasteiger partial charge in [0.2, 0.25) is 0 Å². The van der Waals surface area contributed by atoms with E-state index >= 15 is 0 Å². The highest BCUT2D eigenvalue weighted by molar-refractivity contribution is 7.92. The highest BCUT2D eigenvalue weighted by atomic mass is 32.2. The third kappa shape index (κ3) is 3.14. The molecule has 5 heteroatoms. The zero-order chi connectivity index (χ0) is 16.2. The van der Waals surface area contributed by atoms with Crippen LogP contribution in [0.1, 0.15) is 5.56 Å². The third-order valence-corrected chi connectivity index (χ3v) is 5.02. The van der Waals surface area contributed by atoms with Crippen molar-refractivity contribution in [1.82, 2.24) is 0 Å². The van der Waals surface area contributed by atoms with Gasteiger partial charge in [-0.25, -0.2) is 8.42 Å². The fraction of sp³-hybridized carbons (Fsp3) is 0.176. The molecule has 0 spiro atoms. The van der Waals surface area contributed by atoms with Crippen LogP contribution in [0.3, 0.4) is 0 Å². The number of hydrogen-bond donors (Lipinski definition) is 0. The number of hydrogen-bond acceptors (Lipinski definition) is 3. The summed E-state index contributed by atoms with van der Waals surface area (Å²) >= 11 is 0. The van der Waals surface area contributed by atoms with E-state index in [1.165, 1.54) is 11.4 Å². The fourth-order valence-electron chi connectivity index (χ4n) is 2.16. The van der Waals surface area contributed by atoms with Gasteiger partial charge >= 0.3 is 0 Å². The van der Waals surface area contributed by atoms with Gasteiger partial charge in [-0.15, -0.1) is 6.58 Å². The molecule has 0 atom stereocenters. The van der Waals surface area contributed by atoms with E-state index < -0.39 is 10.0 Å². The fourth-order valence-corrected chi connectivity index (χ4v) is 3.62. The van der Waals surface area contributed by atoms with Crippen LogP contribution in [0.25, 0.3) is 0 Å². The van der Waals surface area contributed by atoms with E-state index in [1.807, 2.05) is 13.0 Å². The zero-order valence-electron chi connectivity index (χ0n) is 12.7. The Morgan fingerprint density at radius 1 is 1.18 bits per heavy atom. The number of anilines is 1. The van der Waals surface area contributed by atoms with E-state index in [0.29, 0.717) is 11.4 Å². The molecular weight excluding hydrogens is 298 g/mol. The number of nitrogens with zero attached hydrogens (tertiary/aromatic N) is 1. The molecule has 2 aromatic rings. The van der Waals surface area contributed by atoms with Gasteiger partial charge in [0.15, 0.2) is 0 Å². The number of methoxy groups -OCH3 is 1. The second-order valence-electron chi connectivity index (χ2n) is 4.81. The monoisotopic (exact) mass is 317 g/mol. The molecule has 116 valence electrons. The van der Waals surface area contributed by atoms with E-state index in [2.05, 4.69) is 6.58 Å². The minimum atomic E-state index is -3.68. The normalized spacial score (nSPS) is 11.0. The molecule has 22 heavy (non-hydrogen) atoms. The van der Waals surface area contributed by atoms with Crippen LogP contribution < -0.4 is 9.04 Å². The van der Waals surface area contributed by atoms with Crippen molar-refractivity contribution in [3.63, 3.8) is 0 Å². The molecule has 0 bridgehead atoms. The average Bonchev–Trinajstić information content (AvgIpc) is 2.53. The molecule has 0 aliphatic heterocycles. The van der Waals surface area contributed by atoms with Gasteiger partial charge in [0.25, 0.3) is 10.0 Å². The molecule has 0 aliphatic carbocycles. The molecule has 0 unspecified atom stereocenters. The lowest BCUT2D eigenvalue weighted by molar-refractivity contribution is 0.415. The highest BCUT2D eigenvalue weighted by Crippen LogP contribution is 2.33. The predicted molar refractivity (Wildman–Crippen MR) is 88.9 cm³/mol. The van der Waals surface area contributed by atoms with Crippen molar-refractivity contribution >= 4 is 15.7 Å². The Morgan fingerprint density at radius 3 is 2.45 bits per heavy atom. The maximum absolute atomic E-state index is 12.9. The predicted octanol–water partition coefficient (Wildman–Crippen LogP) is 3.38. The number of aryl methyl sites for hydroxylation is 1. The van der Waals surface area contributed by atoms with Gasteiger partial charge in [-0.2, -0.15) is 0 Å². The maximum atomic E-state index is 12.9. The van der Waals surface area contributed by atoms with Gasteiger partial charge in [0.1, 0.15) is 5.75 Å². The van der Waals surface area contributed by atoms with Gasteiger partial charge in [-0.1, -0.05) is 30.3 Å². The highest BCUT2D eigenvalue weighted by Gasteiger charge is 2.26. The second-order valence-corrected chi connectivity index (χ2v) is 6.68. The van der Waals surface area contributed by atoms with Crippen LogP contribution in [-0.4, -0.2) is 22.1 Å². The summed E-state index contributed by atoms with van der Waals surface area (Å²) in [5.41, 5.74) is 1.46. The van der Waals surface area contributed by atoms with E-state index in [9.17, 15) is 8.42 Å². The molecule has 0 heterocycles. The molecule has 0 radical (unpaired) electrons. The summed E-state index contributed by atoms with van der Waals surface area (Å²) in [6.07, 6.45) is 1.56. The molecule has 0 fully saturated rings. The van der Waals surface area contributed by atoms with Crippen molar-refractivity contribution in [2.45, 2.75) is 11.8 Å². The summed E-state index contributed by atoms with van der Waals surface area (Å²) in [4.78, 5) is 0.236. The van der Waals surface area contributed by atoms with Gasteiger partial charge < -0.3 is 4.74 Å². The topological polar surface area (TPSA) is 46.6 Å². The first kappa shape index (κ1) is 16.1. The van der Waals surface area contributed by atoms with Gasteiger partial charge in [0.05, 0.1) is 24.2 Å². The van der Waals surface area contributed by atoms with Crippen molar-refractivity contribution in [3.8, 4) is 5.75 Å². The molecule has 0 saturated carbocycles. The van der Waals surface area contributed by atoms with Crippen LogP contribution in [0.2, 0.25) is 0 Å². The summed E-state index contributed by atoms with van der Waals surface area (Å²) < 4.78 is 32.5. The first-order valence-electron chi connectivity index (χ1n) is 6.84. The van der Waals surface area contributed by atoms with Gasteiger partial charge in [-0.05, 0) is 36.8 Å². The number of rotatable bonds is 6. The van der Waals surface area contributed by atoms with Gasteiger partial charge in [-0.3, -0.25) is 4.31 Å². The summed E-state index contributed by atoms with van der Waals surface area (Å²) in [7, 11) is -2.16. The second kappa shape index (κ2) is 6.66. The summed E-state index contributed by atoms with van der Waals surface area (Å²) in [5.74, 6) is 0.506. The lowest BCUT2D eigenvalue weighted by Crippen LogP contribution is -2.31. The Bertz CT molecular complexity index is 755. The Labute approximate surface area is 131 Å². The van der Waals surface area contributed by atoms with E-state index in [1.54, 1.807) is 48.5 Å². The summed E-state index contributed by atoms with van der Waals surface area (Å²) in [6, 6.07) is 13.8. The first-order valence-corrected chi connectivity index (χ1v) is 8.28. The van der Waals surface area contributed by atoms with Crippen molar-refractivity contribution < 1.29 is 13.2 Å². The van der Waals surface area contributed by atoms with Crippen molar-refractivity contribution in [2.24, 2.45) is 0 Å². The molecule has 0 aromatic heterocycles. The Kier molecular flexibility index (Phi) is 4.88. The Hall–Kier alpha value is -2.27. The Balaban J connectivity index is 2.61. The summed E-state index contributed by atoms with van der Waals surface area (Å²) in [6.45, 7) is 5.73. The maximum Gasteiger partial charge on any atom is 0.264 e. The van der Waals surface area contributed by atoms with Crippen LogP contribution in [0.15, 0.2) is 66.1 Å². The molecule has 0 aliphatic rings. The molecule has 2 aromatic carbocycles. The first-order chi connectivity index (χ1) is 10.5. The van der Waals surface area contributed by atoms with Crippen molar-refractivity contribution in [2.75, 3.05) is 18.0 Å². The average molecular weight is 317 g/mol. The van der Waals surface area contributed by atoms with Crippen molar-refractivity contribution in [1.29, 1.82) is 0 Å². The lowest BCUT2D eigenvalue weighted by atomic mass is 10.2. The third-order valence-electron chi connectivity index (χ3n) is 3.23. The van der Waals surface area contributed by atoms with Crippen LogP contribution in [-0.2, 0) is 10.0 Å². The minimum absolute atomic E-state index is 0.164. The largest absolute Gasteiger partial charge is 0.495 e. The molecule has 0 N–H and O–H groups in total. The van der Waals surface area contributed by atoms with E-state index in [-0.39, 0.29) is 11.4 Å². The van der Waals surface area contributed by atoms with Gasteiger partial charge in [0, 0.05) is 0 Å². The van der Waals surface area contributed by atoms with Crippen molar-refractivity contribution in [3.05, 3.63) is 66.7 Å². The van der Waals surface area contributed by atoms with Crippen LogP contribution in [0.4, 0.5) is 5.69 Å². The number of benzene rings is 2. The Morgan fingerprint density at radius 2 is 1.86 bits per heavy atom. The van der Waals surface area contributed by atoms with Crippen LogP contribution in [0.5, 0.6) is 5.75 Å². The summed E-state index contributed by atoms with van der Waals surface area (Å²) in [5, 5.41) is 0. The van der Waals surface area contributed by atoms with Crippen LogP contribution in [0, 0.1) is 6.92 Å². The van der Waals surface area contributed by atoms with E-state index in [4.69, 9.17) is 4.74 Å². The smallest absolute Gasteiger partial charge is 0.264 e. The molecule has 2 rings (SSSR count). The number of ether oxygens (including phenoxy) is 1. The van der Waals surface area contributed by atoms with E-state index in [0.717, 1.165) is 5.56 Å². The number of sulfonamides is 1. The molecule has 0 amide bonds.